The molecule has 1 amide bonds. The zero-order valence-electron chi connectivity index (χ0n) is 23.2. The van der Waals surface area contributed by atoms with E-state index in [0.717, 1.165) is 46.0 Å². The van der Waals surface area contributed by atoms with E-state index in [1.165, 1.54) is 37.3 Å². The average Bonchev–Trinajstić information content (AvgIpc) is 3.18. The smallest absolute Gasteiger partial charge is 0.744 e. The van der Waals surface area contributed by atoms with Crippen molar-refractivity contribution >= 4 is 49.3 Å². The van der Waals surface area contributed by atoms with Gasteiger partial charge in [0.15, 0.2) is 0 Å². The van der Waals surface area contributed by atoms with Gasteiger partial charge < -0.3 is 14.2 Å². The molecule has 0 atom stereocenters. The molecule has 0 aliphatic carbocycles. The molecule has 1 N–H and O–H groups in total. The Labute approximate surface area is 331 Å². The number of allylic oxidation sites excluding steroid dienone is 2. The van der Waals surface area contributed by atoms with Crippen LogP contribution in [0, 0.1) is 13.5 Å². The van der Waals surface area contributed by atoms with Gasteiger partial charge in [-0.05, 0) is 74.0 Å². The largest absolute Gasteiger partial charge is 1.00 e. The van der Waals surface area contributed by atoms with E-state index in [-0.39, 0.29) is 137 Å². The van der Waals surface area contributed by atoms with E-state index in [0.29, 0.717) is 5.71 Å². The van der Waals surface area contributed by atoms with Crippen molar-refractivity contribution in [1.29, 1.82) is 0 Å². The van der Waals surface area contributed by atoms with Gasteiger partial charge in [-0.3, -0.25) is 14.2 Å². The molecule has 0 radical (unpaired) electrons. The molecule has 210 valence electrons. The molecule has 0 bridgehead atoms. The van der Waals surface area contributed by atoms with Crippen LogP contribution in [0.1, 0.15) is 18.1 Å². The summed E-state index contributed by atoms with van der Waals surface area (Å²) in [6.45, 7) is 10.5. The van der Waals surface area contributed by atoms with Gasteiger partial charge in [0.2, 0.25) is 11.6 Å². The van der Waals surface area contributed by atoms with Crippen molar-refractivity contribution in [1.82, 2.24) is 4.57 Å². The number of hydrogen-bond donors (Lipinski definition) is 1. The number of anilines is 1. The van der Waals surface area contributed by atoms with Gasteiger partial charge in [-0.1, -0.05) is 12.2 Å². The topological polar surface area (TPSA) is 194 Å². The van der Waals surface area contributed by atoms with E-state index < -0.39 is 47.4 Å². The number of aromatic hydroxyl groups is 1. The molecule has 0 saturated carbocycles. The van der Waals surface area contributed by atoms with Gasteiger partial charge in [0.05, 0.1) is 39.0 Å². The predicted molar refractivity (Wildman–Crippen MR) is 145 cm³/mol. The van der Waals surface area contributed by atoms with Gasteiger partial charge in [0.1, 0.15) is 20.2 Å². The first-order valence-electron chi connectivity index (χ1n) is 11.4. The van der Waals surface area contributed by atoms with Gasteiger partial charge in [-0.25, -0.2) is 21.7 Å². The molecule has 17 heteroatoms. The number of benzene rings is 2. The van der Waals surface area contributed by atoms with E-state index in [2.05, 4.69) is 9.95 Å². The summed E-state index contributed by atoms with van der Waals surface area (Å²) in [4.78, 5) is 28.6. The number of hydrogen-bond acceptors (Lipinski definition) is 10. The summed E-state index contributed by atoms with van der Waals surface area (Å²) in [5.41, 5.74) is -0.238. The van der Waals surface area contributed by atoms with Crippen molar-refractivity contribution in [2.75, 3.05) is 5.01 Å². The molecule has 1 aliphatic rings. The minimum absolute atomic E-state index is 0. The molecule has 1 aliphatic heterocycles. The molecule has 0 unspecified atom stereocenters. The second-order valence-electron chi connectivity index (χ2n) is 8.60. The Bertz CT molecular complexity index is 2010. The fraction of sp³-hybridized carbons (Fsp3) is 0.0769. The number of rotatable bonds is 6. The predicted octanol–water partition coefficient (Wildman–Crippen LogP) is -3.42. The van der Waals surface area contributed by atoms with Crippen LogP contribution in [0.25, 0.3) is 16.6 Å². The number of amides is 1. The summed E-state index contributed by atoms with van der Waals surface area (Å²) >= 11 is 0. The Morgan fingerprint density at radius 1 is 0.884 bits per heavy atom. The molecule has 4 rings (SSSR count). The fourth-order valence-corrected chi connectivity index (χ4v) is 4.93. The number of pyridine rings is 1. The van der Waals surface area contributed by atoms with Crippen molar-refractivity contribution in [3.63, 3.8) is 0 Å². The molecule has 13 nitrogen and oxygen atoms in total. The molecule has 0 saturated heterocycles. The standard InChI is InChI=1S/C26H20N4O9S2.2K/c1-15-21(24(31)29(26(33)23(15)27-3)17-7-11-19(12-8-17)40(34,35)36)5-4-6-22-16(2)28-30(25(22)32)18-9-13-20(14-10-18)41(37,38)39;;/h4-14,33H,1-2H3,(H,34,35,36)(H,37,38,39);;/q;2*+1/p-2/b5-4+,22-6-;;. The Hall–Kier alpha value is -1.61. The van der Waals surface area contributed by atoms with Crippen LogP contribution in [0.2, 0.25) is 0 Å². The van der Waals surface area contributed by atoms with Crippen molar-refractivity contribution in [2.24, 2.45) is 5.10 Å². The minimum atomic E-state index is -4.75. The monoisotopic (exact) mass is 672 g/mol. The summed E-state index contributed by atoms with van der Waals surface area (Å²) in [5.74, 6) is -1.25. The van der Waals surface area contributed by atoms with Crippen LogP contribution in [0.5, 0.6) is 5.88 Å². The first kappa shape index (κ1) is 37.6. The maximum Gasteiger partial charge on any atom is 1.00 e. The second kappa shape index (κ2) is 14.7. The van der Waals surface area contributed by atoms with Gasteiger partial charge in [-0.2, -0.15) is 10.1 Å². The average molecular weight is 673 g/mol. The molecule has 43 heavy (non-hydrogen) atoms. The summed E-state index contributed by atoms with van der Waals surface area (Å²) in [6.07, 6.45) is 4.07. The van der Waals surface area contributed by atoms with E-state index in [1.54, 1.807) is 6.92 Å². The van der Waals surface area contributed by atoms with Gasteiger partial charge in [0, 0.05) is 5.56 Å². The molecular formula is C26H18K2N4O9S2. The Morgan fingerprint density at radius 2 is 1.37 bits per heavy atom. The van der Waals surface area contributed by atoms with E-state index >= 15 is 0 Å². The van der Waals surface area contributed by atoms with E-state index in [9.17, 15) is 40.6 Å². The van der Waals surface area contributed by atoms with Crippen LogP contribution in [0.15, 0.2) is 85.9 Å². The first-order valence-corrected chi connectivity index (χ1v) is 14.2. The maximum atomic E-state index is 13.3. The van der Waals surface area contributed by atoms with Crippen molar-refractivity contribution in [3.8, 4) is 11.6 Å². The van der Waals surface area contributed by atoms with E-state index in [4.69, 9.17) is 6.57 Å². The molecule has 3 aromatic rings. The number of nitrogens with zero attached hydrogens (tertiary/aromatic N) is 4. The third-order valence-electron chi connectivity index (χ3n) is 6.07. The number of aromatic nitrogens is 1. The second-order valence-corrected chi connectivity index (χ2v) is 11.4. The van der Waals surface area contributed by atoms with E-state index in [1.807, 2.05) is 0 Å². The zero-order chi connectivity index (χ0) is 30.3. The molecule has 1 aromatic heterocycles. The third-order valence-corrected chi connectivity index (χ3v) is 7.77. The maximum absolute atomic E-state index is 13.3. The van der Waals surface area contributed by atoms with Gasteiger partial charge in [0.25, 0.3) is 11.5 Å². The Morgan fingerprint density at radius 3 is 1.84 bits per heavy atom. The van der Waals surface area contributed by atoms with Crippen molar-refractivity contribution in [3.05, 3.63) is 99.2 Å². The van der Waals surface area contributed by atoms with Gasteiger partial charge >= 0.3 is 103 Å². The molecule has 0 fully saturated rings. The first-order chi connectivity index (χ1) is 19.1. The molecule has 2 heterocycles. The summed E-state index contributed by atoms with van der Waals surface area (Å²) in [5, 5.41) is 15.8. The van der Waals surface area contributed by atoms with Crippen LogP contribution in [0.4, 0.5) is 11.4 Å². The quantitative estimate of drug-likeness (QED) is 0.120. The summed E-state index contributed by atoms with van der Waals surface area (Å²) in [7, 11) is -9.42. The van der Waals surface area contributed by atoms with Crippen LogP contribution in [-0.2, 0) is 25.0 Å². The zero-order valence-corrected chi connectivity index (χ0v) is 31.0. The SMILES string of the molecule is [C-]#[N+]c1c(C)c(/C=C/C=C2\C(=O)N(c3ccc(S(=O)(=O)[O-])cc3)N=C2C)c(=O)n(-c2ccc(S(=O)(=O)[O-])cc2)c1O.[K+].[K+]. The van der Waals surface area contributed by atoms with Crippen LogP contribution in [-0.4, -0.2) is 47.2 Å². The van der Waals surface area contributed by atoms with Crippen molar-refractivity contribution < 1.29 is 139 Å². The molecular weight excluding hydrogens is 655 g/mol. The number of hydrazone groups is 1. The van der Waals surface area contributed by atoms with Gasteiger partial charge in [-0.15, -0.1) is 0 Å². The number of carbonyl (C=O) groups is 1. The Balaban J connectivity index is 0.00000323. The summed E-state index contributed by atoms with van der Waals surface area (Å²) in [6, 6.07) is 8.82. The fourth-order valence-electron chi connectivity index (χ4n) is 3.99. The van der Waals surface area contributed by atoms with Crippen LogP contribution in [0.3, 0.4) is 0 Å². The van der Waals surface area contributed by atoms with Crippen LogP contribution >= 0.6 is 0 Å². The molecule has 2 aromatic carbocycles. The van der Waals surface area contributed by atoms with Crippen LogP contribution < -0.4 is 113 Å². The number of carbonyl (C=O) groups excluding carboxylic acids is 1. The summed E-state index contributed by atoms with van der Waals surface area (Å²) < 4.78 is 68.0. The normalized spacial score (nSPS) is 14.3. The minimum Gasteiger partial charge on any atom is -0.744 e. The molecule has 0 spiro atoms. The van der Waals surface area contributed by atoms with Crippen molar-refractivity contribution in [2.45, 2.75) is 23.6 Å². The third kappa shape index (κ3) is 7.98. The Kier molecular flexibility index (Phi) is 12.8.